The molecule has 0 saturated carbocycles. The highest BCUT2D eigenvalue weighted by Gasteiger charge is 2.29. The molecule has 3 N–H and O–H groups in total. The van der Waals surface area contributed by atoms with E-state index in [-0.39, 0.29) is 18.0 Å². The summed E-state index contributed by atoms with van der Waals surface area (Å²) in [6, 6.07) is 11.3. The fraction of sp³-hybridized carbons (Fsp3) is 0.316. The molecule has 1 aromatic carbocycles. The number of carbonyl (C=O) groups is 1. The average molecular weight is 353 g/mol. The molecular weight excluding hydrogens is 330 g/mol. The predicted octanol–water partition coefficient (Wildman–Crippen LogP) is 1.93. The second kappa shape index (κ2) is 9.07. The van der Waals surface area contributed by atoms with Crippen molar-refractivity contribution in [3.05, 3.63) is 59.9 Å². The molecule has 2 aromatic rings. The number of rotatable bonds is 7. The molecule has 1 aromatic heterocycles. The van der Waals surface area contributed by atoms with Gasteiger partial charge in [0, 0.05) is 24.0 Å². The molecule has 136 valence electrons. The fourth-order valence-electron chi connectivity index (χ4n) is 2.66. The van der Waals surface area contributed by atoms with Crippen LogP contribution in [0.2, 0.25) is 0 Å². The van der Waals surface area contributed by atoms with E-state index in [0.717, 1.165) is 23.3 Å². The van der Waals surface area contributed by atoms with E-state index in [1.54, 1.807) is 18.6 Å². The molecule has 0 spiro atoms. The van der Waals surface area contributed by atoms with Gasteiger partial charge in [0.1, 0.15) is 11.8 Å². The molecular formula is C19H23N5O2. The van der Waals surface area contributed by atoms with E-state index < -0.39 is 0 Å². The SMILES string of the molecule is CCCOc1ccc(C2CC(C(=O)N/N=C/c3cccnc3)NN2)cc1. The van der Waals surface area contributed by atoms with Gasteiger partial charge in [-0.05, 0) is 36.6 Å². The van der Waals surface area contributed by atoms with Gasteiger partial charge in [-0.2, -0.15) is 5.10 Å². The van der Waals surface area contributed by atoms with Gasteiger partial charge in [-0.3, -0.25) is 9.78 Å². The summed E-state index contributed by atoms with van der Waals surface area (Å²) < 4.78 is 5.59. The van der Waals surface area contributed by atoms with Gasteiger partial charge in [-0.1, -0.05) is 25.1 Å². The van der Waals surface area contributed by atoms with Crippen molar-refractivity contribution in [3.63, 3.8) is 0 Å². The Morgan fingerprint density at radius 1 is 1.35 bits per heavy atom. The largest absolute Gasteiger partial charge is 0.494 e. The lowest BCUT2D eigenvalue weighted by molar-refractivity contribution is -0.122. The number of pyridine rings is 1. The molecule has 2 heterocycles. The molecule has 2 atom stereocenters. The topological polar surface area (TPSA) is 87.6 Å². The van der Waals surface area contributed by atoms with Gasteiger partial charge in [-0.25, -0.2) is 16.3 Å². The fourth-order valence-corrected chi connectivity index (χ4v) is 2.66. The first kappa shape index (κ1) is 18.0. The van der Waals surface area contributed by atoms with E-state index in [2.05, 4.69) is 33.3 Å². The number of hydrazine groups is 1. The Kier molecular flexibility index (Phi) is 6.29. The van der Waals surface area contributed by atoms with Crippen LogP contribution in [0.3, 0.4) is 0 Å². The van der Waals surface area contributed by atoms with Crippen molar-refractivity contribution in [3.8, 4) is 5.75 Å². The zero-order valence-electron chi connectivity index (χ0n) is 14.7. The minimum atomic E-state index is -0.345. The van der Waals surface area contributed by atoms with Crippen molar-refractivity contribution in [1.29, 1.82) is 0 Å². The van der Waals surface area contributed by atoms with Crippen LogP contribution < -0.4 is 21.0 Å². The van der Waals surface area contributed by atoms with E-state index in [4.69, 9.17) is 4.74 Å². The molecule has 3 rings (SSSR count). The van der Waals surface area contributed by atoms with Crippen molar-refractivity contribution in [2.45, 2.75) is 31.8 Å². The van der Waals surface area contributed by atoms with Gasteiger partial charge >= 0.3 is 0 Å². The second-order valence-electron chi connectivity index (χ2n) is 6.07. The van der Waals surface area contributed by atoms with Crippen molar-refractivity contribution in [1.82, 2.24) is 21.3 Å². The maximum absolute atomic E-state index is 12.2. The molecule has 0 bridgehead atoms. The van der Waals surface area contributed by atoms with Gasteiger partial charge in [0.15, 0.2) is 0 Å². The van der Waals surface area contributed by atoms with Crippen LogP contribution in [-0.2, 0) is 4.79 Å². The van der Waals surface area contributed by atoms with Gasteiger partial charge < -0.3 is 4.74 Å². The van der Waals surface area contributed by atoms with Gasteiger partial charge in [0.05, 0.1) is 12.8 Å². The Bertz CT molecular complexity index is 733. The summed E-state index contributed by atoms with van der Waals surface area (Å²) >= 11 is 0. The van der Waals surface area contributed by atoms with Crippen LogP contribution >= 0.6 is 0 Å². The monoisotopic (exact) mass is 353 g/mol. The first-order valence-electron chi connectivity index (χ1n) is 8.73. The lowest BCUT2D eigenvalue weighted by atomic mass is 10.0. The summed E-state index contributed by atoms with van der Waals surface area (Å²) in [4.78, 5) is 16.2. The Morgan fingerprint density at radius 3 is 2.92 bits per heavy atom. The molecule has 1 aliphatic heterocycles. The number of nitrogens with zero attached hydrogens (tertiary/aromatic N) is 2. The summed E-state index contributed by atoms with van der Waals surface area (Å²) in [6.07, 6.45) is 6.56. The standard InChI is InChI=1S/C19H23N5O2/c1-2-10-26-16-7-5-15(6-8-16)17-11-18(23-22-17)19(25)24-21-13-14-4-3-9-20-12-14/h3-9,12-13,17-18,22-23H,2,10-11H2,1H3,(H,24,25)/b21-13+. The summed E-state index contributed by atoms with van der Waals surface area (Å²) in [5, 5.41) is 3.98. The smallest absolute Gasteiger partial charge is 0.258 e. The number of amides is 1. The average Bonchev–Trinajstić information content (AvgIpc) is 3.18. The molecule has 7 heteroatoms. The predicted molar refractivity (Wildman–Crippen MR) is 99.6 cm³/mol. The lowest BCUT2D eigenvalue weighted by Gasteiger charge is -2.11. The maximum Gasteiger partial charge on any atom is 0.258 e. The zero-order valence-corrected chi connectivity index (χ0v) is 14.7. The van der Waals surface area contributed by atoms with Crippen LogP contribution in [0, 0.1) is 0 Å². The van der Waals surface area contributed by atoms with Crippen LogP contribution in [-0.4, -0.2) is 29.8 Å². The van der Waals surface area contributed by atoms with Gasteiger partial charge in [0.25, 0.3) is 5.91 Å². The van der Waals surface area contributed by atoms with E-state index in [0.29, 0.717) is 13.0 Å². The second-order valence-corrected chi connectivity index (χ2v) is 6.07. The van der Waals surface area contributed by atoms with Crippen molar-refractivity contribution in [2.75, 3.05) is 6.61 Å². The molecule has 2 unspecified atom stereocenters. The van der Waals surface area contributed by atoms with Crippen molar-refractivity contribution in [2.24, 2.45) is 5.10 Å². The minimum absolute atomic E-state index is 0.0632. The normalized spacial score (nSPS) is 19.6. The number of carbonyl (C=O) groups excluding carboxylic acids is 1. The summed E-state index contributed by atoms with van der Waals surface area (Å²) in [6.45, 7) is 2.79. The Morgan fingerprint density at radius 2 is 2.19 bits per heavy atom. The number of ether oxygens (including phenoxy) is 1. The highest BCUT2D eigenvalue weighted by Crippen LogP contribution is 2.24. The Labute approximate surface area is 152 Å². The third-order valence-electron chi connectivity index (χ3n) is 4.05. The van der Waals surface area contributed by atoms with Gasteiger partial charge in [-0.15, -0.1) is 0 Å². The van der Waals surface area contributed by atoms with E-state index in [1.807, 2.05) is 36.4 Å². The quantitative estimate of drug-likeness (QED) is 0.523. The molecule has 0 radical (unpaired) electrons. The minimum Gasteiger partial charge on any atom is -0.494 e. The van der Waals surface area contributed by atoms with Gasteiger partial charge in [0.2, 0.25) is 0 Å². The van der Waals surface area contributed by atoms with Crippen LogP contribution in [0.25, 0.3) is 0 Å². The number of hydrogen-bond acceptors (Lipinski definition) is 6. The number of aromatic nitrogens is 1. The number of nitrogens with one attached hydrogen (secondary N) is 3. The van der Waals surface area contributed by atoms with E-state index in [1.165, 1.54) is 0 Å². The molecule has 1 aliphatic rings. The first-order chi connectivity index (χ1) is 12.8. The Hall–Kier alpha value is -2.77. The van der Waals surface area contributed by atoms with Crippen molar-refractivity contribution >= 4 is 12.1 Å². The number of benzene rings is 1. The number of hydrogen-bond donors (Lipinski definition) is 3. The molecule has 26 heavy (non-hydrogen) atoms. The summed E-state index contributed by atoms with van der Waals surface area (Å²) in [5.41, 5.74) is 10.7. The highest BCUT2D eigenvalue weighted by atomic mass is 16.5. The zero-order chi connectivity index (χ0) is 18.2. The van der Waals surface area contributed by atoms with Crippen LogP contribution in [0.15, 0.2) is 53.9 Å². The third-order valence-corrected chi connectivity index (χ3v) is 4.05. The van der Waals surface area contributed by atoms with E-state index in [9.17, 15) is 4.79 Å². The molecule has 7 nitrogen and oxygen atoms in total. The van der Waals surface area contributed by atoms with Crippen molar-refractivity contribution < 1.29 is 9.53 Å². The maximum atomic E-state index is 12.2. The lowest BCUT2D eigenvalue weighted by Crippen LogP contribution is -2.41. The van der Waals surface area contributed by atoms with Crippen LogP contribution in [0.1, 0.15) is 36.9 Å². The van der Waals surface area contributed by atoms with Crippen LogP contribution in [0.5, 0.6) is 5.75 Å². The number of hydrazone groups is 1. The Balaban J connectivity index is 1.49. The van der Waals surface area contributed by atoms with Crippen LogP contribution in [0.4, 0.5) is 0 Å². The third kappa shape index (κ3) is 4.87. The molecule has 1 saturated heterocycles. The summed E-state index contributed by atoms with van der Waals surface area (Å²) in [7, 11) is 0. The first-order valence-corrected chi connectivity index (χ1v) is 8.73. The highest BCUT2D eigenvalue weighted by molar-refractivity contribution is 5.84. The molecule has 1 amide bonds. The molecule has 1 fully saturated rings. The van der Waals surface area contributed by atoms with E-state index >= 15 is 0 Å². The summed E-state index contributed by atoms with van der Waals surface area (Å²) in [5.74, 6) is 0.684. The molecule has 0 aliphatic carbocycles.